The standard InChI is InChI=1S/C8H11N3O/c1-3-5-7(12)8-9-6-10-11(8)4-2/h3,5-6H,4H2,1-2H3/b5-3+. The van der Waals surface area contributed by atoms with Crippen molar-refractivity contribution in [1.29, 1.82) is 0 Å². The number of allylic oxidation sites excluding steroid dienone is 2. The first-order valence-electron chi connectivity index (χ1n) is 3.84. The molecular weight excluding hydrogens is 154 g/mol. The fourth-order valence-electron chi connectivity index (χ4n) is 0.912. The number of ketones is 1. The Morgan fingerprint density at radius 2 is 2.50 bits per heavy atom. The quantitative estimate of drug-likeness (QED) is 0.497. The van der Waals surface area contributed by atoms with Gasteiger partial charge in [-0.1, -0.05) is 6.08 Å². The van der Waals surface area contributed by atoms with Gasteiger partial charge in [-0.2, -0.15) is 5.10 Å². The molecule has 0 fully saturated rings. The molecule has 1 aromatic heterocycles. The van der Waals surface area contributed by atoms with Crippen molar-refractivity contribution in [3.8, 4) is 0 Å². The van der Waals surface area contributed by atoms with Crippen molar-refractivity contribution < 1.29 is 4.79 Å². The van der Waals surface area contributed by atoms with Gasteiger partial charge in [0.2, 0.25) is 5.78 Å². The van der Waals surface area contributed by atoms with E-state index in [2.05, 4.69) is 10.1 Å². The van der Waals surface area contributed by atoms with E-state index in [1.807, 2.05) is 6.92 Å². The third-order valence-electron chi connectivity index (χ3n) is 1.45. The molecule has 1 rings (SSSR count). The Bertz CT molecular complexity index is 301. The largest absolute Gasteiger partial charge is 0.286 e. The summed E-state index contributed by atoms with van der Waals surface area (Å²) in [4.78, 5) is 15.1. The highest BCUT2D eigenvalue weighted by Crippen LogP contribution is 1.96. The van der Waals surface area contributed by atoms with Gasteiger partial charge in [0.25, 0.3) is 0 Å². The Morgan fingerprint density at radius 3 is 3.08 bits per heavy atom. The molecule has 0 amide bonds. The molecule has 0 saturated carbocycles. The minimum Gasteiger partial charge on any atom is -0.286 e. The van der Waals surface area contributed by atoms with Gasteiger partial charge in [-0.05, 0) is 19.9 Å². The molecule has 64 valence electrons. The highest BCUT2D eigenvalue weighted by Gasteiger charge is 2.08. The second-order valence-corrected chi connectivity index (χ2v) is 2.26. The van der Waals surface area contributed by atoms with Crippen molar-refractivity contribution in [1.82, 2.24) is 14.8 Å². The maximum absolute atomic E-state index is 11.3. The second kappa shape index (κ2) is 3.80. The molecule has 0 unspecified atom stereocenters. The van der Waals surface area contributed by atoms with Crippen LogP contribution in [0.3, 0.4) is 0 Å². The lowest BCUT2D eigenvalue weighted by molar-refractivity contribution is 0.103. The van der Waals surface area contributed by atoms with Gasteiger partial charge in [-0.3, -0.25) is 4.79 Å². The van der Waals surface area contributed by atoms with Crippen molar-refractivity contribution in [3.05, 3.63) is 24.3 Å². The summed E-state index contributed by atoms with van der Waals surface area (Å²) >= 11 is 0. The van der Waals surface area contributed by atoms with Crippen LogP contribution in [0.1, 0.15) is 24.5 Å². The number of carbonyl (C=O) groups is 1. The summed E-state index contributed by atoms with van der Waals surface area (Å²) in [6.45, 7) is 4.38. The average Bonchev–Trinajstić information content (AvgIpc) is 2.51. The molecule has 0 aliphatic carbocycles. The van der Waals surface area contributed by atoms with E-state index in [1.165, 1.54) is 12.4 Å². The maximum Gasteiger partial charge on any atom is 0.222 e. The third kappa shape index (κ3) is 1.58. The van der Waals surface area contributed by atoms with Crippen LogP contribution in [0.5, 0.6) is 0 Å². The van der Waals surface area contributed by atoms with E-state index in [9.17, 15) is 4.79 Å². The lowest BCUT2D eigenvalue weighted by Gasteiger charge is -1.96. The monoisotopic (exact) mass is 165 g/mol. The first-order valence-corrected chi connectivity index (χ1v) is 3.84. The zero-order valence-electron chi connectivity index (χ0n) is 7.19. The van der Waals surface area contributed by atoms with Gasteiger partial charge >= 0.3 is 0 Å². The summed E-state index contributed by atoms with van der Waals surface area (Å²) in [5, 5.41) is 3.89. The lowest BCUT2D eigenvalue weighted by atomic mass is 10.3. The minimum atomic E-state index is -0.100. The summed E-state index contributed by atoms with van der Waals surface area (Å²) in [7, 11) is 0. The van der Waals surface area contributed by atoms with Crippen LogP contribution in [0.15, 0.2) is 18.5 Å². The van der Waals surface area contributed by atoms with Gasteiger partial charge in [0, 0.05) is 6.54 Å². The van der Waals surface area contributed by atoms with E-state index in [4.69, 9.17) is 0 Å². The van der Waals surface area contributed by atoms with E-state index < -0.39 is 0 Å². The van der Waals surface area contributed by atoms with Crippen LogP contribution < -0.4 is 0 Å². The maximum atomic E-state index is 11.3. The first kappa shape index (κ1) is 8.64. The van der Waals surface area contributed by atoms with Crippen molar-refractivity contribution in [2.24, 2.45) is 0 Å². The number of aromatic nitrogens is 3. The van der Waals surface area contributed by atoms with Gasteiger partial charge < -0.3 is 0 Å². The number of hydrogen-bond acceptors (Lipinski definition) is 3. The molecule has 0 radical (unpaired) electrons. The average molecular weight is 165 g/mol. The van der Waals surface area contributed by atoms with Crippen molar-refractivity contribution in [3.63, 3.8) is 0 Å². The van der Waals surface area contributed by atoms with Gasteiger partial charge in [0.05, 0.1) is 0 Å². The van der Waals surface area contributed by atoms with Crippen molar-refractivity contribution >= 4 is 5.78 Å². The Labute approximate surface area is 70.9 Å². The number of carbonyl (C=O) groups excluding carboxylic acids is 1. The van der Waals surface area contributed by atoms with E-state index in [1.54, 1.807) is 17.7 Å². The van der Waals surface area contributed by atoms with Crippen LogP contribution in [0.25, 0.3) is 0 Å². The topological polar surface area (TPSA) is 47.8 Å². The van der Waals surface area contributed by atoms with Gasteiger partial charge in [0.15, 0.2) is 5.82 Å². The van der Waals surface area contributed by atoms with E-state index in [0.717, 1.165) is 0 Å². The number of aryl methyl sites for hydroxylation is 1. The zero-order chi connectivity index (χ0) is 8.97. The van der Waals surface area contributed by atoms with E-state index in [0.29, 0.717) is 12.4 Å². The molecule has 0 aromatic carbocycles. The molecule has 4 nitrogen and oxygen atoms in total. The van der Waals surface area contributed by atoms with Gasteiger partial charge in [-0.25, -0.2) is 9.67 Å². The van der Waals surface area contributed by atoms with Crippen LogP contribution in [-0.2, 0) is 6.54 Å². The number of hydrogen-bond donors (Lipinski definition) is 0. The summed E-state index contributed by atoms with van der Waals surface area (Å²) in [6.07, 6.45) is 4.56. The Hall–Kier alpha value is -1.45. The van der Waals surface area contributed by atoms with Crippen molar-refractivity contribution in [2.45, 2.75) is 20.4 Å². The first-order chi connectivity index (χ1) is 5.79. The molecule has 1 aromatic rings. The Balaban J connectivity index is 2.93. The van der Waals surface area contributed by atoms with Crippen LogP contribution in [0, 0.1) is 0 Å². The zero-order valence-corrected chi connectivity index (χ0v) is 7.19. The summed E-state index contributed by atoms with van der Waals surface area (Å²) in [5.41, 5.74) is 0. The molecule has 0 aliphatic heterocycles. The lowest BCUT2D eigenvalue weighted by Crippen LogP contribution is -2.08. The van der Waals surface area contributed by atoms with Gasteiger partial charge in [-0.15, -0.1) is 0 Å². The normalized spacial score (nSPS) is 10.8. The predicted molar refractivity (Wildman–Crippen MR) is 44.8 cm³/mol. The molecule has 0 aliphatic rings. The Kier molecular flexibility index (Phi) is 2.74. The molecule has 1 heterocycles. The smallest absolute Gasteiger partial charge is 0.222 e. The molecular formula is C8H11N3O. The second-order valence-electron chi connectivity index (χ2n) is 2.26. The van der Waals surface area contributed by atoms with Crippen LogP contribution in [-0.4, -0.2) is 20.5 Å². The molecule has 12 heavy (non-hydrogen) atoms. The van der Waals surface area contributed by atoms with E-state index in [-0.39, 0.29) is 5.78 Å². The summed E-state index contributed by atoms with van der Waals surface area (Å²) in [6, 6.07) is 0. The Morgan fingerprint density at radius 1 is 1.75 bits per heavy atom. The van der Waals surface area contributed by atoms with Gasteiger partial charge in [0.1, 0.15) is 6.33 Å². The molecule has 0 N–H and O–H groups in total. The predicted octanol–water partition coefficient (Wildman–Crippen LogP) is 1.06. The molecule has 4 heteroatoms. The number of rotatable bonds is 3. The molecule has 0 saturated heterocycles. The highest BCUT2D eigenvalue weighted by atomic mass is 16.1. The van der Waals surface area contributed by atoms with Crippen LogP contribution in [0.4, 0.5) is 0 Å². The fraction of sp³-hybridized carbons (Fsp3) is 0.375. The van der Waals surface area contributed by atoms with E-state index >= 15 is 0 Å². The molecule has 0 spiro atoms. The SMILES string of the molecule is C/C=C/C(=O)c1ncnn1CC. The summed E-state index contributed by atoms with van der Waals surface area (Å²) in [5.74, 6) is 0.299. The van der Waals surface area contributed by atoms with Crippen molar-refractivity contribution in [2.75, 3.05) is 0 Å². The van der Waals surface area contributed by atoms with Crippen LogP contribution >= 0.6 is 0 Å². The molecule has 0 atom stereocenters. The highest BCUT2D eigenvalue weighted by molar-refractivity contribution is 6.01. The fourth-order valence-corrected chi connectivity index (χ4v) is 0.912. The van der Waals surface area contributed by atoms with Crippen LogP contribution in [0.2, 0.25) is 0 Å². The number of nitrogens with zero attached hydrogens (tertiary/aromatic N) is 3. The summed E-state index contributed by atoms with van der Waals surface area (Å²) < 4.78 is 1.57. The minimum absolute atomic E-state index is 0.100. The molecule has 0 bridgehead atoms. The third-order valence-corrected chi connectivity index (χ3v) is 1.45.